The fourth-order valence-corrected chi connectivity index (χ4v) is 2.23. The summed E-state index contributed by atoms with van der Waals surface area (Å²) in [5.74, 6) is -1.35. The Morgan fingerprint density at radius 3 is 2.16 bits per heavy atom. The number of nitrogens with one attached hydrogen (secondary N) is 1. The van der Waals surface area contributed by atoms with E-state index in [2.05, 4.69) is 19.2 Å². The summed E-state index contributed by atoms with van der Waals surface area (Å²) in [6.45, 7) is 7.42. The Bertz CT molecular complexity index is 594. The summed E-state index contributed by atoms with van der Waals surface area (Å²) in [6.07, 6.45) is 0.696. The van der Waals surface area contributed by atoms with Gasteiger partial charge in [-0.25, -0.2) is 9.59 Å². The van der Waals surface area contributed by atoms with Crippen LogP contribution in [0.4, 0.5) is 0 Å². The van der Waals surface area contributed by atoms with Crippen LogP contribution in [-0.4, -0.2) is 37.6 Å². The fourth-order valence-electron chi connectivity index (χ4n) is 2.23. The van der Waals surface area contributed by atoms with Crippen molar-refractivity contribution in [1.82, 2.24) is 5.32 Å². The van der Waals surface area contributed by atoms with Gasteiger partial charge in [-0.1, -0.05) is 46.2 Å². The van der Waals surface area contributed by atoms with E-state index >= 15 is 0 Å². The van der Waals surface area contributed by atoms with E-state index in [9.17, 15) is 14.4 Å². The zero-order valence-corrected chi connectivity index (χ0v) is 15.5. The molecule has 0 saturated heterocycles. The summed E-state index contributed by atoms with van der Waals surface area (Å²) in [6, 6.07) is 6.30. The highest BCUT2D eigenvalue weighted by molar-refractivity contribution is 5.92. The van der Waals surface area contributed by atoms with Crippen LogP contribution in [0.5, 0.6) is 0 Å². The van der Waals surface area contributed by atoms with E-state index in [1.54, 1.807) is 12.1 Å². The molecule has 0 aliphatic rings. The predicted octanol–water partition coefficient (Wildman–Crippen LogP) is 2.67. The molecule has 0 aliphatic carbocycles. The maximum absolute atomic E-state index is 12.0. The van der Waals surface area contributed by atoms with Crippen molar-refractivity contribution in [3.8, 4) is 0 Å². The molecule has 1 N–H and O–H groups in total. The lowest BCUT2D eigenvalue weighted by Gasteiger charge is -2.21. The minimum atomic E-state index is -0.758. The second kappa shape index (κ2) is 9.81. The van der Waals surface area contributed by atoms with Crippen LogP contribution in [0.2, 0.25) is 0 Å². The second-order valence-electron chi connectivity index (χ2n) is 6.31. The first-order valence-electron chi connectivity index (χ1n) is 8.44. The molecule has 138 valence electrons. The van der Waals surface area contributed by atoms with E-state index in [-0.39, 0.29) is 5.92 Å². The number of carbonyl (C=O) groups is 3. The molecule has 0 aromatic heterocycles. The molecule has 6 heteroatoms. The van der Waals surface area contributed by atoms with Crippen molar-refractivity contribution in [2.24, 2.45) is 5.92 Å². The van der Waals surface area contributed by atoms with Gasteiger partial charge in [0.1, 0.15) is 6.04 Å². The molecule has 0 bridgehead atoms. The first-order chi connectivity index (χ1) is 11.8. The Labute approximate surface area is 148 Å². The van der Waals surface area contributed by atoms with E-state index in [0.29, 0.717) is 17.9 Å². The number of ether oxygens (including phenoxy) is 2. The molecule has 1 aromatic rings. The Hall–Kier alpha value is -2.37. The highest BCUT2D eigenvalue weighted by atomic mass is 16.5. The van der Waals surface area contributed by atoms with Gasteiger partial charge in [-0.3, -0.25) is 4.79 Å². The van der Waals surface area contributed by atoms with E-state index in [1.807, 2.05) is 26.0 Å². The van der Waals surface area contributed by atoms with Gasteiger partial charge in [-0.15, -0.1) is 0 Å². The van der Waals surface area contributed by atoms with Crippen molar-refractivity contribution in [2.45, 2.75) is 46.1 Å². The van der Waals surface area contributed by atoms with Crippen LogP contribution in [0, 0.1) is 5.92 Å². The van der Waals surface area contributed by atoms with Crippen LogP contribution in [0.15, 0.2) is 24.3 Å². The first kappa shape index (κ1) is 20.7. The average molecular weight is 349 g/mol. The molecule has 0 heterocycles. The number of benzene rings is 1. The lowest BCUT2D eigenvalue weighted by Crippen LogP contribution is -2.47. The van der Waals surface area contributed by atoms with Gasteiger partial charge in [0.05, 0.1) is 12.7 Å². The van der Waals surface area contributed by atoms with Gasteiger partial charge in [0.15, 0.2) is 6.61 Å². The molecule has 0 radical (unpaired) electrons. The number of carbonyl (C=O) groups excluding carboxylic acids is 3. The van der Waals surface area contributed by atoms with Gasteiger partial charge in [0, 0.05) is 0 Å². The zero-order chi connectivity index (χ0) is 19.0. The molecule has 0 spiro atoms. The molecular weight excluding hydrogens is 322 g/mol. The van der Waals surface area contributed by atoms with Crippen LogP contribution in [-0.2, 0) is 19.1 Å². The molecule has 25 heavy (non-hydrogen) atoms. The molecule has 1 aromatic carbocycles. The van der Waals surface area contributed by atoms with Gasteiger partial charge >= 0.3 is 11.9 Å². The van der Waals surface area contributed by atoms with Crippen molar-refractivity contribution in [3.63, 3.8) is 0 Å². The SMILES string of the molecule is CC[C@H](C)[C@@H](NC(=O)COC(=O)c1ccc(C(C)C)cc1)C(=O)OC. The summed E-state index contributed by atoms with van der Waals surface area (Å²) in [7, 11) is 1.27. The lowest BCUT2D eigenvalue weighted by atomic mass is 9.99. The number of esters is 2. The summed E-state index contributed by atoms with van der Waals surface area (Å²) in [5.41, 5.74) is 1.49. The smallest absolute Gasteiger partial charge is 0.338 e. The second-order valence-corrected chi connectivity index (χ2v) is 6.31. The molecule has 0 saturated carbocycles. The molecule has 1 amide bonds. The van der Waals surface area contributed by atoms with Gasteiger partial charge in [-0.05, 0) is 29.5 Å². The molecule has 2 atom stereocenters. The first-order valence-corrected chi connectivity index (χ1v) is 8.44. The summed E-state index contributed by atoms with van der Waals surface area (Å²) in [4.78, 5) is 35.7. The Balaban J connectivity index is 2.59. The normalized spacial score (nSPS) is 13.0. The van der Waals surface area contributed by atoms with Gasteiger partial charge in [-0.2, -0.15) is 0 Å². The minimum Gasteiger partial charge on any atom is -0.467 e. The predicted molar refractivity (Wildman–Crippen MR) is 94.2 cm³/mol. The standard InChI is InChI=1S/C19H27NO5/c1-6-13(4)17(19(23)24-5)20-16(21)11-25-18(22)15-9-7-14(8-10-15)12(2)3/h7-10,12-13,17H,6,11H2,1-5H3,(H,20,21)/t13-,17+/m0/s1. The average Bonchev–Trinajstić information content (AvgIpc) is 2.62. The molecule has 1 rings (SSSR count). The third kappa shape index (κ3) is 6.21. The monoisotopic (exact) mass is 349 g/mol. The van der Waals surface area contributed by atoms with E-state index < -0.39 is 30.5 Å². The number of hydrogen-bond acceptors (Lipinski definition) is 5. The van der Waals surface area contributed by atoms with E-state index in [1.165, 1.54) is 7.11 Å². The quantitative estimate of drug-likeness (QED) is 0.730. The summed E-state index contributed by atoms with van der Waals surface area (Å²) >= 11 is 0. The van der Waals surface area contributed by atoms with Gasteiger partial charge in [0.2, 0.25) is 0 Å². The van der Waals surface area contributed by atoms with Crippen molar-refractivity contribution >= 4 is 17.8 Å². The largest absolute Gasteiger partial charge is 0.467 e. The number of rotatable bonds is 8. The fraction of sp³-hybridized carbons (Fsp3) is 0.526. The van der Waals surface area contributed by atoms with Crippen molar-refractivity contribution in [3.05, 3.63) is 35.4 Å². The molecule has 0 unspecified atom stereocenters. The molecule has 6 nitrogen and oxygen atoms in total. The molecule has 0 fully saturated rings. The lowest BCUT2D eigenvalue weighted by molar-refractivity contribution is -0.147. The summed E-state index contributed by atoms with van der Waals surface area (Å²) < 4.78 is 9.71. The Kier molecular flexibility index (Phi) is 8.11. The van der Waals surface area contributed by atoms with Gasteiger partial charge < -0.3 is 14.8 Å². The van der Waals surface area contributed by atoms with E-state index in [0.717, 1.165) is 5.56 Å². The van der Waals surface area contributed by atoms with Crippen LogP contribution >= 0.6 is 0 Å². The topological polar surface area (TPSA) is 81.7 Å². The third-order valence-electron chi connectivity index (χ3n) is 4.13. The molecular formula is C19H27NO5. The number of amides is 1. The van der Waals surface area contributed by atoms with Crippen molar-refractivity contribution in [1.29, 1.82) is 0 Å². The van der Waals surface area contributed by atoms with Crippen LogP contribution in [0.25, 0.3) is 0 Å². The van der Waals surface area contributed by atoms with E-state index in [4.69, 9.17) is 9.47 Å². The number of methoxy groups -OCH3 is 1. The van der Waals surface area contributed by atoms with Crippen LogP contribution in [0.1, 0.15) is 56.0 Å². The highest BCUT2D eigenvalue weighted by Crippen LogP contribution is 2.15. The van der Waals surface area contributed by atoms with Crippen LogP contribution < -0.4 is 5.32 Å². The maximum atomic E-state index is 12.0. The van der Waals surface area contributed by atoms with Crippen LogP contribution in [0.3, 0.4) is 0 Å². The summed E-state index contributed by atoms with van der Waals surface area (Å²) in [5, 5.41) is 2.56. The third-order valence-corrected chi connectivity index (χ3v) is 4.13. The van der Waals surface area contributed by atoms with Crippen molar-refractivity contribution < 1.29 is 23.9 Å². The minimum absolute atomic E-state index is 0.0873. The number of hydrogen-bond donors (Lipinski definition) is 1. The van der Waals surface area contributed by atoms with Gasteiger partial charge in [0.25, 0.3) is 5.91 Å². The molecule has 0 aliphatic heterocycles. The Morgan fingerprint density at radius 1 is 1.08 bits per heavy atom. The Morgan fingerprint density at radius 2 is 1.68 bits per heavy atom. The van der Waals surface area contributed by atoms with Crippen molar-refractivity contribution in [2.75, 3.05) is 13.7 Å². The zero-order valence-electron chi connectivity index (χ0n) is 15.5. The maximum Gasteiger partial charge on any atom is 0.338 e. The highest BCUT2D eigenvalue weighted by Gasteiger charge is 2.27.